The Labute approximate surface area is 95.5 Å². The largest absolute Gasteiger partial charge is 0.291 e. The minimum Gasteiger partial charge on any atom is -0.291 e. The summed E-state index contributed by atoms with van der Waals surface area (Å²) < 4.78 is 1.42. The molecule has 0 amide bonds. The van der Waals surface area contributed by atoms with Crippen LogP contribution in [0.5, 0.6) is 0 Å². The highest BCUT2D eigenvalue weighted by molar-refractivity contribution is 6.31. The van der Waals surface area contributed by atoms with Crippen LogP contribution in [0, 0.1) is 0 Å². The van der Waals surface area contributed by atoms with Gasteiger partial charge >= 0.3 is 0 Å². The molecule has 0 radical (unpaired) electrons. The van der Waals surface area contributed by atoms with Gasteiger partial charge in [-0.15, -0.1) is 0 Å². The van der Waals surface area contributed by atoms with E-state index in [-0.39, 0.29) is 17.2 Å². The minimum absolute atomic E-state index is 0.0750. The number of Topliss-reactive ketones (excluding diaryl/α,β-unsaturated/α-hetero) is 1. The Morgan fingerprint density at radius 3 is 2.94 bits per heavy atom. The molecule has 4 nitrogen and oxygen atoms in total. The summed E-state index contributed by atoms with van der Waals surface area (Å²) in [7, 11) is 0. The zero-order valence-electron chi connectivity index (χ0n) is 8.24. The zero-order chi connectivity index (χ0) is 11.3. The fourth-order valence-corrected chi connectivity index (χ4v) is 2.11. The van der Waals surface area contributed by atoms with Crippen LogP contribution in [-0.2, 0) is 6.54 Å². The lowest BCUT2D eigenvalue weighted by atomic mass is 10.2. The van der Waals surface area contributed by atoms with E-state index >= 15 is 0 Å². The van der Waals surface area contributed by atoms with Crippen LogP contribution in [-0.4, -0.2) is 15.3 Å². The van der Waals surface area contributed by atoms with Crippen molar-refractivity contribution >= 4 is 28.3 Å². The molecule has 0 atom stereocenters. The van der Waals surface area contributed by atoms with Crippen LogP contribution in [0.15, 0.2) is 23.0 Å². The number of carbonyl (C=O) groups is 1. The van der Waals surface area contributed by atoms with E-state index in [9.17, 15) is 9.59 Å². The summed E-state index contributed by atoms with van der Waals surface area (Å²) in [5, 5.41) is 0.960. The van der Waals surface area contributed by atoms with Gasteiger partial charge in [0, 0.05) is 18.0 Å². The third kappa shape index (κ3) is 1.20. The summed E-state index contributed by atoms with van der Waals surface area (Å²) in [6.07, 6.45) is 0.353. The molecule has 2 aromatic rings. The number of benzene rings is 1. The van der Waals surface area contributed by atoms with Gasteiger partial charge in [0.2, 0.25) is 0 Å². The van der Waals surface area contributed by atoms with Gasteiger partial charge in [0.15, 0.2) is 11.6 Å². The predicted molar refractivity (Wildman–Crippen MR) is 60.0 cm³/mol. The van der Waals surface area contributed by atoms with Crippen molar-refractivity contribution in [3.63, 3.8) is 0 Å². The number of hydrogen-bond acceptors (Lipinski definition) is 3. The quantitative estimate of drug-likeness (QED) is 0.696. The monoisotopic (exact) mass is 234 g/mol. The highest BCUT2D eigenvalue weighted by Gasteiger charge is 2.23. The Morgan fingerprint density at radius 1 is 1.31 bits per heavy atom. The normalized spacial score (nSPS) is 14.4. The number of nitrogens with zero attached hydrogens (tertiary/aromatic N) is 2. The fourth-order valence-electron chi connectivity index (χ4n) is 1.94. The van der Waals surface area contributed by atoms with Crippen molar-refractivity contribution in [1.29, 1.82) is 0 Å². The summed E-state index contributed by atoms with van der Waals surface area (Å²) in [4.78, 5) is 27.7. The number of rotatable bonds is 0. The van der Waals surface area contributed by atoms with E-state index in [2.05, 4.69) is 4.98 Å². The number of hydrogen-bond donors (Lipinski definition) is 0. The second-order valence-corrected chi connectivity index (χ2v) is 4.16. The molecule has 0 aliphatic carbocycles. The Kier molecular flexibility index (Phi) is 1.88. The van der Waals surface area contributed by atoms with E-state index < -0.39 is 0 Å². The highest BCUT2D eigenvalue weighted by atomic mass is 35.5. The molecule has 16 heavy (non-hydrogen) atoms. The maximum Gasteiger partial charge on any atom is 0.261 e. The lowest BCUT2D eigenvalue weighted by Gasteiger charge is -2.03. The molecule has 1 aliphatic rings. The Hall–Kier alpha value is -1.68. The molecule has 1 aromatic heterocycles. The number of fused-ring (bicyclic) bond motifs is 2. The van der Waals surface area contributed by atoms with Crippen molar-refractivity contribution in [2.24, 2.45) is 0 Å². The van der Waals surface area contributed by atoms with Crippen LogP contribution in [0.4, 0.5) is 0 Å². The lowest BCUT2D eigenvalue weighted by Crippen LogP contribution is -2.21. The Bertz CT molecular complexity index is 675. The van der Waals surface area contributed by atoms with E-state index in [1.54, 1.807) is 18.2 Å². The van der Waals surface area contributed by atoms with Gasteiger partial charge in [0.25, 0.3) is 5.56 Å². The maximum atomic E-state index is 12.0. The molecule has 0 fully saturated rings. The summed E-state index contributed by atoms with van der Waals surface area (Å²) in [5.74, 6) is 0.189. The van der Waals surface area contributed by atoms with Crippen LogP contribution in [0.1, 0.15) is 17.0 Å². The average Bonchev–Trinajstić information content (AvgIpc) is 2.63. The first-order valence-electron chi connectivity index (χ1n) is 4.90. The van der Waals surface area contributed by atoms with E-state index in [0.717, 1.165) is 0 Å². The van der Waals surface area contributed by atoms with Crippen molar-refractivity contribution in [3.8, 4) is 0 Å². The molecule has 0 unspecified atom stereocenters. The van der Waals surface area contributed by atoms with Crippen LogP contribution in [0.2, 0.25) is 5.02 Å². The molecule has 0 bridgehead atoms. The molecule has 5 heteroatoms. The van der Waals surface area contributed by atoms with Crippen LogP contribution >= 0.6 is 11.6 Å². The maximum absolute atomic E-state index is 12.0. The number of ketones is 1. The highest BCUT2D eigenvalue weighted by Crippen LogP contribution is 2.18. The van der Waals surface area contributed by atoms with Crippen molar-refractivity contribution in [3.05, 3.63) is 39.4 Å². The minimum atomic E-state index is -0.187. The van der Waals surface area contributed by atoms with Crippen LogP contribution in [0.25, 0.3) is 10.9 Å². The van der Waals surface area contributed by atoms with Gasteiger partial charge in [-0.3, -0.25) is 14.2 Å². The molecule has 0 N–H and O–H groups in total. The zero-order valence-corrected chi connectivity index (χ0v) is 8.99. The number of halogens is 1. The first-order chi connectivity index (χ1) is 7.66. The van der Waals surface area contributed by atoms with E-state index in [1.807, 2.05) is 0 Å². The molecule has 80 valence electrons. The molecule has 0 saturated heterocycles. The van der Waals surface area contributed by atoms with Gasteiger partial charge in [-0.2, -0.15) is 0 Å². The average molecular weight is 235 g/mol. The molecule has 1 aliphatic heterocycles. The van der Waals surface area contributed by atoms with E-state index in [1.165, 1.54) is 4.57 Å². The fraction of sp³-hybridized carbons (Fsp3) is 0.182. The van der Waals surface area contributed by atoms with E-state index in [0.29, 0.717) is 28.9 Å². The van der Waals surface area contributed by atoms with Gasteiger partial charge in [0.1, 0.15) is 0 Å². The summed E-state index contributed by atoms with van der Waals surface area (Å²) in [5.41, 5.74) is 0.337. The van der Waals surface area contributed by atoms with Crippen molar-refractivity contribution in [2.75, 3.05) is 0 Å². The van der Waals surface area contributed by atoms with Crippen molar-refractivity contribution in [2.45, 2.75) is 13.0 Å². The third-order valence-electron chi connectivity index (χ3n) is 2.73. The SMILES string of the molecule is O=C1CCn2c1nc1ccc(Cl)cc1c2=O. The first-order valence-corrected chi connectivity index (χ1v) is 5.28. The second kappa shape index (κ2) is 3.15. The van der Waals surface area contributed by atoms with Gasteiger partial charge < -0.3 is 0 Å². The van der Waals surface area contributed by atoms with Gasteiger partial charge in [-0.05, 0) is 18.2 Å². The Morgan fingerprint density at radius 2 is 2.12 bits per heavy atom. The van der Waals surface area contributed by atoms with Crippen LogP contribution < -0.4 is 5.56 Å². The number of aromatic nitrogens is 2. The molecule has 0 saturated carbocycles. The summed E-state index contributed by atoms with van der Waals surface area (Å²) in [6.45, 7) is 0.419. The molecule has 3 rings (SSSR count). The second-order valence-electron chi connectivity index (χ2n) is 3.73. The van der Waals surface area contributed by atoms with Crippen molar-refractivity contribution < 1.29 is 4.79 Å². The molecule has 0 spiro atoms. The van der Waals surface area contributed by atoms with Crippen LogP contribution in [0.3, 0.4) is 0 Å². The van der Waals surface area contributed by atoms with Gasteiger partial charge in [-0.1, -0.05) is 11.6 Å². The molecular weight excluding hydrogens is 228 g/mol. The summed E-state index contributed by atoms with van der Waals surface area (Å²) >= 11 is 5.83. The smallest absolute Gasteiger partial charge is 0.261 e. The molecule has 1 aromatic carbocycles. The van der Waals surface area contributed by atoms with Gasteiger partial charge in [0.05, 0.1) is 10.9 Å². The van der Waals surface area contributed by atoms with Crippen molar-refractivity contribution in [1.82, 2.24) is 9.55 Å². The predicted octanol–water partition coefficient (Wildman–Crippen LogP) is 1.64. The number of carbonyl (C=O) groups excluding carboxylic acids is 1. The molecule has 2 heterocycles. The topological polar surface area (TPSA) is 52.0 Å². The van der Waals surface area contributed by atoms with E-state index in [4.69, 9.17) is 11.6 Å². The lowest BCUT2D eigenvalue weighted by molar-refractivity contribution is 0.0990. The summed E-state index contributed by atoms with van der Waals surface area (Å²) in [6, 6.07) is 4.90. The first kappa shape index (κ1) is 9.54. The Balaban J connectivity index is 2.48. The van der Waals surface area contributed by atoms with Gasteiger partial charge in [-0.25, -0.2) is 4.98 Å². The standard InChI is InChI=1S/C11H7ClN2O2/c12-6-1-2-8-7(5-6)11(16)14-4-3-9(15)10(14)13-8/h1-2,5H,3-4H2. The third-order valence-corrected chi connectivity index (χ3v) is 2.96. The molecular formula is C11H7ClN2O2.